The Kier molecular flexibility index (Phi) is 6.80. The van der Waals surface area contributed by atoms with Gasteiger partial charge in [0, 0.05) is 30.4 Å². The van der Waals surface area contributed by atoms with Gasteiger partial charge in [-0.3, -0.25) is 9.59 Å². The van der Waals surface area contributed by atoms with Gasteiger partial charge in [0.2, 0.25) is 11.8 Å². The van der Waals surface area contributed by atoms with E-state index in [-0.39, 0.29) is 30.4 Å². The standard InChI is InChI=1S/C18H26N4O3/c1-13(2)19-18(25)21-15-9-7-14(8-10-15)20-16(23)12-22-11-5-3-4-6-17(22)24/h7-10,13H,3-6,11-12H2,1-2H3,(H,20,23)(H2,19,21,25). The van der Waals surface area contributed by atoms with Crippen LogP contribution in [0.1, 0.15) is 39.5 Å². The highest BCUT2D eigenvalue weighted by atomic mass is 16.2. The zero-order valence-electron chi connectivity index (χ0n) is 14.8. The number of nitrogens with one attached hydrogen (secondary N) is 3. The number of carbonyl (C=O) groups excluding carboxylic acids is 3. The van der Waals surface area contributed by atoms with Crippen molar-refractivity contribution in [1.29, 1.82) is 0 Å². The summed E-state index contributed by atoms with van der Waals surface area (Å²) < 4.78 is 0. The quantitative estimate of drug-likeness (QED) is 0.765. The smallest absolute Gasteiger partial charge is 0.319 e. The van der Waals surface area contributed by atoms with E-state index in [2.05, 4.69) is 16.0 Å². The monoisotopic (exact) mass is 346 g/mol. The van der Waals surface area contributed by atoms with Gasteiger partial charge in [-0.1, -0.05) is 6.42 Å². The van der Waals surface area contributed by atoms with Gasteiger partial charge in [-0.05, 0) is 51.0 Å². The second-order valence-electron chi connectivity index (χ2n) is 6.50. The van der Waals surface area contributed by atoms with Gasteiger partial charge < -0.3 is 20.9 Å². The highest BCUT2D eigenvalue weighted by Gasteiger charge is 2.19. The van der Waals surface area contributed by atoms with Crippen LogP contribution in [0, 0.1) is 0 Å². The van der Waals surface area contributed by atoms with Gasteiger partial charge in [-0.15, -0.1) is 0 Å². The predicted octanol–water partition coefficient (Wildman–Crippen LogP) is 2.56. The first-order chi connectivity index (χ1) is 11.9. The first-order valence-corrected chi connectivity index (χ1v) is 8.69. The molecule has 0 unspecified atom stereocenters. The molecule has 7 nitrogen and oxygen atoms in total. The van der Waals surface area contributed by atoms with E-state index < -0.39 is 0 Å². The van der Waals surface area contributed by atoms with Crippen LogP contribution in [0.25, 0.3) is 0 Å². The maximum absolute atomic E-state index is 12.1. The van der Waals surface area contributed by atoms with Crippen molar-refractivity contribution in [3.8, 4) is 0 Å². The average molecular weight is 346 g/mol. The van der Waals surface area contributed by atoms with Crippen LogP contribution in [-0.2, 0) is 9.59 Å². The van der Waals surface area contributed by atoms with Gasteiger partial charge in [0.1, 0.15) is 0 Å². The van der Waals surface area contributed by atoms with Crippen LogP contribution in [-0.4, -0.2) is 41.9 Å². The summed E-state index contributed by atoms with van der Waals surface area (Å²) in [5.41, 5.74) is 1.26. The molecular weight excluding hydrogens is 320 g/mol. The molecule has 7 heteroatoms. The molecule has 4 amide bonds. The summed E-state index contributed by atoms with van der Waals surface area (Å²) in [7, 11) is 0. The number of likely N-dealkylation sites (tertiary alicyclic amines) is 1. The fourth-order valence-corrected chi connectivity index (χ4v) is 2.65. The van der Waals surface area contributed by atoms with E-state index in [1.807, 2.05) is 13.8 Å². The largest absolute Gasteiger partial charge is 0.336 e. The lowest BCUT2D eigenvalue weighted by Crippen LogP contribution is -2.37. The molecule has 0 saturated carbocycles. The highest BCUT2D eigenvalue weighted by molar-refractivity contribution is 5.95. The van der Waals surface area contributed by atoms with E-state index in [1.54, 1.807) is 29.2 Å². The van der Waals surface area contributed by atoms with Crippen molar-refractivity contribution in [2.24, 2.45) is 0 Å². The second-order valence-corrected chi connectivity index (χ2v) is 6.50. The number of nitrogens with zero attached hydrogens (tertiary/aromatic N) is 1. The molecule has 0 radical (unpaired) electrons. The maximum Gasteiger partial charge on any atom is 0.319 e. The third kappa shape index (κ3) is 6.45. The Morgan fingerprint density at radius 1 is 1.04 bits per heavy atom. The molecule has 1 aliphatic rings. The van der Waals surface area contributed by atoms with Crippen molar-refractivity contribution in [3.05, 3.63) is 24.3 Å². The van der Waals surface area contributed by atoms with E-state index in [9.17, 15) is 14.4 Å². The van der Waals surface area contributed by atoms with E-state index in [4.69, 9.17) is 0 Å². The molecule has 1 aromatic carbocycles. The van der Waals surface area contributed by atoms with Gasteiger partial charge >= 0.3 is 6.03 Å². The topological polar surface area (TPSA) is 90.5 Å². The Morgan fingerprint density at radius 2 is 1.68 bits per heavy atom. The summed E-state index contributed by atoms with van der Waals surface area (Å²) in [5.74, 6) is -0.170. The minimum atomic E-state index is -0.272. The van der Waals surface area contributed by atoms with Crippen molar-refractivity contribution in [2.45, 2.75) is 45.6 Å². The summed E-state index contributed by atoms with van der Waals surface area (Å²) in [6.07, 6.45) is 3.39. The van der Waals surface area contributed by atoms with Gasteiger partial charge in [-0.25, -0.2) is 4.79 Å². The fraction of sp³-hybridized carbons (Fsp3) is 0.500. The van der Waals surface area contributed by atoms with Crippen molar-refractivity contribution in [3.63, 3.8) is 0 Å². The number of anilines is 2. The van der Waals surface area contributed by atoms with Crippen molar-refractivity contribution in [1.82, 2.24) is 10.2 Å². The number of amides is 4. The molecule has 1 saturated heterocycles. The van der Waals surface area contributed by atoms with Crippen LogP contribution in [0.3, 0.4) is 0 Å². The van der Waals surface area contributed by atoms with Gasteiger partial charge in [0.25, 0.3) is 0 Å². The molecular formula is C18H26N4O3. The van der Waals surface area contributed by atoms with Gasteiger partial charge in [-0.2, -0.15) is 0 Å². The summed E-state index contributed by atoms with van der Waals surface area (Å²) in [6, 6.07) is 6.64. The zero-order chi connectivity index (χ0) is 18.2. The molecule has 1 heterocycles. The predicted molar refractivity (Wildman–Crippen MR) is 97.4 cm³/mol. The summed E-state index contributed by atoms with van der Waals surface area (Å²) >= 11 is 0. The third-order valence-electron chi connectivity index (χ3n) is 3.85. The summed E-state index contributed by atoms with van der Waals surface area (Å²) in [5, 5.41) is 8.23. The van der Waals surface area contributed by atoms with Gasteiger partial charge in [0.05, 0.1) is 6.54 Å². The number of carbonyl (C=O) groups is 3. The molecule has 1 aromatic rings. The summed E-state index contributed by atoms with van der Waals surface area (Å²) in [6.45, 7) is 4.48. The lowest BCUT2D eigenvalue weighted by molar-refractivity contribution is -0.134. The van der Waals surface area contributed by atoms with Crippen LogP contribution in [0.4, 0.5) is 16.2 Å². The van der Waals surface area contributed by atoms with Gasteiger partial charge in [0.15, 0.2) is 0 Å². The Hall–Kier alpha value is -2.57. The number of hydrogen-bond acceptors (Lipinski definition) is 3. The molecule has 0 spiro atoms. The lowest BCUT2D eigenvalue weighted by Gasteiger charge is -2.19. The number of rotatable bonds is 5. The molecule has 1 fully saturated rings. The average Bonchev–Trinajstić information content (AvgIpc) is 2.73. The first kappa shape index (κ1) is 18.8. The normalized spacial score (nSPS) is 14.8. The molecule has 2 rings (SSSR count). The Morgan fingerprint density at radius 3 is 2.32 bits per heavy atom. The highest BCUT2D eigenvalue weighted by Crippen LogP contribution is 2.14. The number of hydrogen-bond donors (Lipinski definition) is 3. The second kappa shape index (κ2) is 9.05. The molecule has 3 N–H and O–H groups in total. The molecule has 0 aromatic heterocycles. The Balaban J connectivity index is 1.84. The minimum Gasteiger partial charge on any atom is -0.336 e. The molecule has 0 aliphatic carbocycles. The van der Waals surface area contributed by atoms with Crippen LogP contribution >= 0.6 is 0 Å². The summed E-state index contributed by atoms with van der Waals surface area (Å²) in [4.78, 5) is 37.3. The van der Waals surface area contributed by atoms with Crippen molar-refractivity contribution in [2.75, 3.05) is 23.7 Å². The number of urea groups is 1. The Bertz CT molecular complexity index is 613. The van der Waals surface area contributed by atoms with Crippen molar-refractivity contribution >= 4 is 29.2 Å². The van der Waals surface area contributed by atoms with Crippen LogP contribution in [0.5, 0.6) is 0 Å². The van der Waals surface area contributed by atoms with E-state index >= 15 is 0 Å². The first-order valence-electron chi connectivity index (χ1n) is 8.69. The maximum atomic E-state index is 12.1. The molecule has 0 atom stereocenters. The van der Waals surface area contributed by atoms with Crippen LogP contribution in [0.2, 0.25) is 0 Å². The van der Waals surface area contributed by atoms with E-state index in [1.165, 1.54) is 0 Å². The van der Waals surface area contributed by atoms with Crippen molar-refractivity contribution < 1.29 is 14.4 Å². The molecule has 136 valence electrons. The number of benzene rings is 1. The zero-order valence-corrected chi connectivity index (χ0v) is 14.8. The fourth-order valence-electron chi connectivity index (χ4n) is 2.65. The SMILES string of the molecule is CC(C)NC(=O)Nc1ccc(NC(=O)CN2CCCCCC2=O)cc1. The molecule has 0 bridgehead atoms. The lowest BCUT2D eigenvalue weighted by atomic mass is 10.2. The molecule has 1 aliphatic heterocycles. The third-order valence-corrected chi connectivity index (χ3v) is 3.85. The minimum absolute atomic E-state index is 0.0448. The Labute approximate surface area is 148 Å². The van der Waals surface area contributed by atoms with E-state index in [0.717, 1.165) is 19.3 Å². The van der Waals surface area contributed by atoms with Crippen LogP contribution in [0.15, 0.2) is 24.3 Å². The van der Waals surface area contributed by atoms with Crippen LogP contribution < -0.4 is 16.0 Å². The molecule has 25 heavy (non-hydrogen) atoms. The van der Waals surface area contributed by atoms with E-state index in [0.29, 0.717) is 24.3 Å².